The Bertz CT molecular complexity index is 655. The van der Waals surface area contributed by atoms with E-state index in [4.69, 9.17) is 5.73 Å². The molecule has 3 atom stereocenters. The summed E-state index contributed by atoms with van der Waals surface area (Å²) in [6.45, 7) is 11.7. The predicted octanol–water partition coefficient (Wildman–Crippen LogP) is 3.69. The molecule has 2 bridgehead atoms. The molecule has 2 heterocycles. The van der Waals surface area contributed by atoms with Crippen molar-refractivity contribution in [2.24, 2.45) is 11.1 Å². The van der Waals surface area contributed by atoms with Crippen LogP contribution >= 0.6 is 0 Å². The molecule has 4 nitrogen and oxygen atoms in total. The van der Waals surface area contributed by atoms with Crippen LogP contribution in [0.25, 0.3) is 0 Å². The number of nitrogens with two attached hydrogens (primary N) is 1. The number of carbonyl (C=O) groups excluding carboxylic acids is 1. The van der Waals surface area contributed by atoms with Crippen LogP contribution in [0.1, 0.15) is 67.8 Å². The zero-order valence-corrected chi connectivity index (χ0v) is 16.9. The standard InChI is InChI=1S/C23H35N3O/c1-4-10-23(2,3)16-25-11-12-26-20-8-9-21(26)15-19(14-20)17-6-5-7-18(13-17)22(24)27/h4-7,13,19-21,25H,1,8-12,14-16H2,2-3H3,(H2,24,27)/t19?,20-,21+. The summed E-state index contributed by atoms with van der Waals surface area (Å²) in [5, 5.41) is 3.65. The second-order valence-electron chi connectivity index (χ2n) is 9.11. The third kappa shape index (κ3) is 4.99. The molecule has 3 rings (SSSR count). The van der Waals surface area contributed by atoms with E-state index in [1.165, 1.54) is 31.2 Å². The molecule has 27 heavy (non-hydrogen) atoms. The average molecular weight is 370 g/mol. The molecule has 0 spiro atoms. The molecule has 0 saturated carbocycles. The number of hydrogen-bond donors (Lipinski definition) is 2. The normalized spacial score (nSPS) is 25.5. The molecule has 2 aliphatic heterocycles. The fraction of sp³-hybridized carbons (Fsp3) is 0.609. The van der Waals surface area contributed by atoms with E-state index in [9.17, 15) is 4.79 Å². The number of nitrogens with zero attached hydrogens (tertiary/aromatic N) is 1. The number of primary amides is 1. The van der Waals surface area contributed by atoms with E-state index in [-0.39, 0.29) is 11.3 Å². The van der Waals surface area contributed by atoms with E-state index < -0.39 is 0 Å². The van der Waals surface area contributed by atoms with Crippen molar-refractivity contribution >= 4 is 5.91 Å². The van der Waals surface area contributed by atoms with Gasteiger partial charge in [0, 0.05) is 37.3 Å². The topological polar surface area (TPSA) is 58.4 Å². The predicted molar refractivity (Wildman–Crippen MR) is 112 cm³/mol. The van der Waals surface area contributed by atoms with Crippen molar-refractivity contribution in [1.82, 2.24) is 10.2 Å². The van der Waals surface area contributed by atoms with Gasteiger partial charge >= 0.3 is 0 Å². The summed E-state index contributed by atoms with van der Waals surface area (Å²) in [5.41, 5.74) is 7.65. The maximum Gasteiger partial charge on any atom is 0.248 e. The summed E-state index contributed by atoms with van der Waals surface area (Å²) in [6.07, 6.45) is 8.06. The third-order valence-corrected chi connectivity index (χ3v) is 6.37. The van der Waals surface area contributed by atoms with Crippen molar-refractivity contribution in [3.63, 3.8) is 0 Å². The van der Waals surface area contributed by atoms with Crippen molar-refractivity contribution in [3.05, 3.63) is 48.0 Å². The van der Waals surface area contributed by atoms with Crippen LogP contribution in [0, 0.1) is 5.41 Å². The Hall–Kier alpha value is -1.65. The Morgan fingerprint density at radius 3 is 2.67 bits per heavy atom. The Morgan fingerprint density at radius 1 is 1.33 bits per heavy atom. The molecule has 0 radical (unpaired) electrons. The largest absolute Gasteiger partial charge is 0.366 e. The Kier molecular flexibility index (Phi) is 6.38. The van der Waals surface area contributed by atoms with Crippen LogP contribution in [-0.2, 0) is 0 Å². The Balaban J connectivity index is 1.52. The van der Waals surface area contributed by atoms with E-state index in [1.807, 2.05) is 24.3 Å². The molecule has 1 aromatic carbocycles. The van der Waals surface area contributed by atoms with Gasteiger partial charge in [0.25, 0.3) is 0 Å². The summed E-state index contributed by atoms with van der Waals surface area (Å²) in [6, 6.07) is 9.30. The van der Waals surface area contributed by atoms with Gasteiger partial charge < -0.3 is 11.1 Å². The highest BCUT2D eigenvalue weighted by Crippen LogP contribution is 2.42. The lowest BCUT2D eigenvalue weighted by Gasteiger charge is -2.39. The number of amides is 1. The van der Waals surface area contributed by atoms with Crippen LogP contribution in [0.4, 0.5) is 0 Å². The minimum Gasteiger partial charge on any atom is -0.366 e. The van der Waals surface area contributed by atoms with Crippen molar-refractivity contribution in [3.8, 4) is 0 Å². The SMILES string of the molecule is C=CCC(C)(C)CNCCN1[C@@H]2CC[C@H]1CC(c1cccc(C(N)=O)c1)C2. The van der Waals surface area contributed by atoms with Gasteiger partial charge in [-0.25, -0.2) is 0 Å². The maximum absolute atomic E-state index is 11.5. The molecular formula is C23H35N3O. The molecule has 1 amide bonds. The monoisotopic (exact) mass is 369 g/mol. The van der Waals surface area contributed by atoms with Crippen molar-refractivity contribution in [2.75, 3.05) is 19.6 Å². The Labute approximate surface area is 164 Å². The molecule has 1 aromatic rings. The first-order valence-corrected chi connectivity index (χ1v) is 10.4. The zero-order valence-electron chi connectivity index (χ0n) is 16.9. The summed E-state index contributed by atoms with van der Waals surface area (Å²) in [7, 11) is 0. The van der Waals surface area contributed by atoms with Gasteiger partial charge in [0.05, 0.1) is 0 Å². The molecule has 4 heteroatoms. The number of nitrogens with one attached hydrogen (secondary N) is 1. The maximum atomic E-state index is 11.5. The van der Waals surface area contributed by atoms with Gasteiger partial charge in [-0.1, -0.05) is 32.1 Å². The first-order chi connectivity index (χ1) is 12.9. The number of fused-ring (bicyclic) bond motifs is 2. The second-order valence-corrected chi connectivity index (χ2v) is 9.11. The molecule has 1 unspecified atom stereocenters. The summed E-state index contributed by atoms with van der Waals surface area (Å²) >= 11 is 0. The van der Waals surface area contributed by atoms with E-state index in [0.717, 1.165) is 26.1 Å². The molecule has 0 aromatic heterocycles. The minimum absolute atomic E-state index is 0.277. The van der Waals surface area contributed by atoms with Crippen LogP contribution in [0.2, 0.25) is 0 Å². The van der Waals surface area contributed by atoms with E-state index in [2.05, 4.69) is 36.7 Å². The van der Waals surface area contributed by atoms with Crippen LogP contribution in [0.3, 0.4) is 0 Å². The van der Waals surface area contributed by atoms with Crippen LogP contribution in [-0.4, -0.2) is 42.5 Å². The van der Waals surface area contributed by atoms with Gasteiger partial charge in [-0.15, -0.1) is 6.58 Å². The van der Waals surface area contributed by atoms with Crippen molar-refractivity contribution in [2.45, 2.75) is 64.0 Å². The first-order valence-electron chi connectivity index (χ1n) is 10.4. The Morgan fingerprint density at radius 2 is 2.04 bits per heavy atom. The number of benzene rings is 1. The van der Waals surface area contributed by atoms with E-state index >= 15 is 0 Å². The number of allylic oxidation sites excluding steroid dienone is 1. The highest BCUT2D eigenvalue weighted by molar-refractivity contribution is 5.92. The van der Waals surface area contributed by atoms with Crippen LogP contribution in [0.15, 0.2) is 36.9 Å². The van der Waals surface area contributed by atoms with Gasteiger partial charge in [0.2, 0.25) is 5.91 Å². The number of hydrogen-bond acceptors (Lipinski definition) is 3. The lowest BCUT2D eigenvalue weighted by molar-refractivity contribution is 0.1000. The lowest BCUT2D eigenvalue weighted by Crippen LogP contribution is -2.46. The van der Waals surface area contributed by atoms with Gasteiger partial charge in [-0.3, -0.25) is 9.69 Å². The van der Waals surface area contributed by atoms with Crippen molar-refractivity contribution in [1.29, 1.82) is 0 Å². The summed E-state index contributed by atoms with van der Waals surface area (Å²) < 4.78 is 0. The molecular weight excluding hydrogens is 334 g/mol. The molecule has 2 fully saturated rings. The third-order valence-electron chi connectivity index (χ3n) is 6.37. The quantitative estimate of drug-likeness (QED) is 0.515. The van der Waals surface area contributed by atoms with Crippen LogP contribution in [0.5, 0.6) is 0 Å². The number of piperidine rings is 1. The van der Waals surface area contributed by atoms with Gasteiger partial charge in [0.1, 0.15) is 0 Å². The second kappa shape index (κ2) is 8.57. The fourth-order valence-electron chi connectivity index (χ4n) is 4.96. The summed E-state index contributed by atoms with van der Waals surface area (Å²) in [4.78, 5) is 14.2. The van der Waals surface area contributed by atoms with Gasteiger partial charge in [0.15, 0.2) is 0 Å². The lowest BCUT2D eigenvalue weighted by atomic mass is 9.84. The van der Waals surface area contributed by atoms with Crippen molar-refractivity contribution < 1.29 is 4.79 Å². The fourth-order valence-corrected chi connectivity index (χ4v) is 4.96. The highest BCUT2D eigenvalue weighted by Gasteiger charge is 2.40. The highest BCUT2D eigenvalue weighted by atomic mass is 16.1. The van der Waals surface area contributed by atoms with Gasteiger partial charge in [-0.2, -0.15) is 0 Å². The molecule has 2 aliphatic rings. The van der Waals surface area contributed by atoms with Crippen LogP contribution < -0.4 is 11.1 Å². The van der Waals surface area contributed by atoms with E-state index in [1.54, 1.807) is 0 Å². The number of carbonyl (C=O) groups is 1. The van der Waals surface area contributed by atoms with Gasteiger partial charge in [-0.05, 0) is 61.1 Å². The number of rotatable bonds is 9. The van der Waals surface area contributed by atoms with E-state index in [0.29, 0.717) is 23.6 Å². The average Bonchev–Trinajstić information content (AvgIpc) is 2.86. The molecule has 148 valence electrons. The smallest absolute Gasteiger partial charge is 0.248 e. The molecule has 0 aliphatic carbocycles. The first kappa shape index (κ1) is 20.1. The molecule has 2 saturated heterocycles. The summed E-state index contributed by atoms with van der Waals surface area (Å²) in [5.74, 6) is 0.222. The zero-order chi connectivity index (χ0) is 19.4. The molecule has 3 N–H and O–H groups in total. The minimum atomic E-state index is -0.331.